The van der Waals surface area contributed by atoms with Gasteiger partial charge in [-0.3, -0.25) is 0 Å². The van der Waals surface area contributed by atoms with Crippen molar-refractivity contribution >= 4 is 12.1 Å². The molecule has 122 valence electrons. The molecule has 0 saturated carbocycles. The van der Waals surface area contributed by atoms with Gasteiger partial charge in [-0.2, -0.15) is 0 Å². The van der Waals surface area contributed by atoms with Crippen molar-refractivity contribution in [1.82, 2.24) is 21.3 Å². The normalized spacial score (nSPS) is 9.91. The highest BCUT2D eigenvalue weighted by Gasteiger charge is 2.02. The molecule has 0 heterocycles. The van der Waals surface area contributed by atoms with Crippen molar-refractivity contribution < 1.29 is 9.59 Å². The van der Waals surface area contributed by atoms with Crippen LogP contribution in [0.1, 0.15) is 37.8 Å². The van der Waals surface area contributed by atoms with E-state index >= 15 is 0 Å². The van der Waals surface area contributed by atoms with Crippen LogP contribution in [-0.2, 0) is 13.1 Å². The first kappa shape index (κ1) is 17.8. The Morgan fingerprint density at radius 1 is 0.818 bits per heavy atom. The average molecular weight is 306 g/mol. The van der Waals surface area contributed by atoms with Gasteiger partial charge in [0.25, 0.3) is 0 Å². The highest BCUT2D eigenvalue weighted by atomic mass is 16.2. The molecule has 22 heavy (non-hydrogen) atoms. The van der Waals surface area contributed by atoms with Gasteiger partial charge in [-0.25, -0.2) is 9.59 Å². The summed E-state index contributed by atoms with van der Waals surface area (Å²) in [7, 11) is 0. The largest absolute Gasteiger partial charge is 0.338 e. The fourth-order valence-electron chi connectivity index (χ4n) is 1.82. The summed E-state index contributed by atoms with van der Waals surface area (Å²) < 4.78 is 0. The number of amides is 4. The lowest BCUT2D eigenvalue weighted by molar-refractivity contribution is 0.240. The molecule has 0 aliphatic carbocycles. The predicted octanol–water partition coefficient (Wildman–Crippen LogP) is 2.10. The first-order valence-corrected chi connectivity index (χ1v) is 7.77. The minimum Gasteiger partial charge on any atom is -0.338 e. The smallest absolute Gasteiger partial charge is 0.315 e. The summed E-state index contributed by atoms with van der Waals surface area (Å²) in [5.74, 6) is 0. The highest BCUT2D eigenvalue weighted by molar-refractivity contribution is 5.74. The predicted molar refractivity (Wildman–Crippen MR) is 87.5 cm³/mol. The third-order valence-corrected chi connectivity index (χ3v) is 2.97. The lowest BCUT2D eigenvalue weighted by Crippen LogP contribution is -2.35. The SMILES string of the molecule is CCCNC(=O)NCc1cccc(CNC(=O)NCCC)c1. The van der Waals surface area contributed by atoms with Gasteiger partial charge < -0.3 is 21.3 Å². The van der Waals surface area contributed by atoms with Crippen LogP contribution in [0.25, 0.3) is 0 Å². The average Bonchev–Trinajstić information content (AvgIpc) is 2.54. The first-order valence-electron chi connectivity index (χ1n) is 7.77. The minimum atomic E-state index is -0.163. The van der Waals surface area contributed by atoms with E-state index in [4.69, 9.17) is 0 Å². The highest BCUT2D eigenvalue weighted by Crippen LogP contribution is 2.05. The Morgan fingerprint density at radius 2 is 1.27 bits per heavy atom. The molecule has 0 aliphatic rings. The van der Waals surface area contributed by atoms with E-state index < -0.39 is 0 Å². The summed E-state index contributed by atoms with van der Waals surface area (Å²) in [4.78, 5) is 23.0. The van der Waals surface area contributed by atoms with Crippen molar-refractivity contribution in [2.45, 2.75) is 39.8 Å². The summed E-state index contributed by atoms with van der Waals surface area (Å²) in [6.45, 7) is 6.28. The Bertz CT molecular complexity index is 438. The summed E-state index contributed by atoms with van der Waals surface area (Å²) >= 11 is 0. The van der Waals surface area contributed by atoms with E-state index in [1.165, 1.54) is 0 Å². The van der Waals surface area contributed by atoms with E-state index in [2.05, 4.69) is 21.3 Å². The number of rotatable bonds is 8. The molecule has 0 fully saturated rings. The lowest BCUT2D eigenvalue weighted by atomic mass is 10.1. The van der Waals surface area contributed by atoms with E-state index in [-0.39, 0.29) is 12.1 Å². The fourth-order valence-corrected chi connectivity index (χ4v) is 1.82. The van der Waals surface area contributed by atoms with Crippen molar-refractivity contribution in [2.24, 2.45) is 0 Å². The molecule has 6 nitrogen and oxygen atoms in total. The van der Waals surface area contributed by atoms with Gasteiger partial charge in [-0.15, -0.1) is 0 Å². The summed E-state index contributed by atoms with van der Waals surface area (Å²) in [6, 6.07) is 7.46. The van der Waals surface area contributed by atoms with Crippen molar-refractivity contribution in [2.75, 3.05) is 13.1 Å². The molecule has 6 heteroatoms. The van der Waals surface area contributed by atoms with E-state index in [0.29, 0.717) is 26.2 Å². The second-order valence-corrected chi connectivity index (χ2v) is 5.04. The van der Waals surface area contributed by atoms with Gasteiger partial charge in [-0.1, -0.05) is 38.1 Å². The molecule has 4 amide bonds. The number of hydrogen-bond acceptors (Lipinski definition) is 2. The van der Waals surface area contributed by atoms with Crippen LogP contribution in [0.3, 0.4) is 0 Å². The quantitative estimate of drug-likeness (QED) is 0.593. The minimum absolute atomic E-state index is 0.163. The van der Waals surface area contributed by atoms with E-state index in [1.807, 2.05) is 38.1 Å². The number of carbonyl (C=O) groups is 2. The topological polar surface area (TPSA) is 82.3 Å². The molecule has 4 N–H and O–H groups in total. The van der Waals surface area contributed by atoms with E-state index in [1.54, 1.807) is 0 Å². The Hall–Kier alpha value is -2.24. The van der Waals surface area contributed by atoms with Gasteiger partial charge in [0, 0.05) is 26.2 Å². The van der Waals surface area contributed by atoms with Crippen molar-refractivity contribution in [1.29, 1.82) is 0 Å². The molecule has 0 spiro atoms. The van der Waals surface area contributed by atoms with Crippen molar-refractivity contribution in [3.63, 3.8) is 0 Å². The van der Waals surface area contributed by atoms with Crippen LogP contribution in [0, 0.1) is 0 Å². The van der Waals surface area contributed by atoms with Crippen LogP contribution < -0.4 is 21.3 Å². The summed E-state index contributed by atoms with van der Waals surface area (Å²) in [5, 5.41) is 11.1. The molecule has 1 aromatic rings. The summed E-state index contributed by atoms with van der Waals surface area (Å²) in [6.07, 6.45) is 1.82. The third-order valence-electron chi connectivity index (χ3n) is 2.97. The molecule has 1 rings (SSSR count). The zero-order chi connectivity index (χ0) is 16.2. The number of urea groups is 2. The maximum absolute atomic E-state index is 11.5. The zero-order valence-corrected chi connectivity index (χ0v) is 13.4. The van der Waals surface area contributed by atoms with E-state index in [9.17, 15) is 9.59 Å². The second kappa shape index (κ2) is 10.5. The van der Waals surface area contributed by atoms with Gasteiger partial charge in [0.15, 0.2) is 0 Å². The van der Waals surface area contributed by atoms with Crippen LogP contribution in [0.15, 0.2) is 24.3 Å². The maximum atomic E-state index is 11.5. The van der Waals surface area contributed by atoms with Crippen LogP contribution in [-0.4, -0.2) is 25.2 Å². The summed E-state index contributed by atoms with van der Waals surface area (Å²) in [5.41, 5.74) is 2.00. The zero-order valence-electron chi connectivity index (χ0n) is 13.4. The molecule has 1 aromatic carbocycles. The Morgan fingerprint density at radius 3 is 1.68 bits per heavy atom. The van der Waals surface area contributed by atoms with Crippen LogP contribution in [0.2, 0.25) is 0 Å². The molecular weight excluding hydrogens is 280 g/mol. The maximum Gasteiger partial charge on any atom is 0.315 e. The number of hydrogen-bond donors (Lipinski definition) is 4. The van der Waals surface area contributed by atoms with Crippen molar-refractivity contribution in [3.05, 3.63) is 35.4 Å². The lowest BCUT2D eigenvalue weighted by Gasteiger charge is -2.09. The van der Waals surface area contributed by atoms with Crippen molar-refractivity contribution in [3.8, 4) is 0 Å². The Balaban J connectivity index is 2.38. The molecule has 0 aliphatic heterocycles. The Labute approximate surface area is 132 Å². The molecule has 0 atom stereocenters. The first-order chi connectivity index (χ1) is 10.7. The Kier molecular flexibility index (Phi) is 8.49. The van der Waals surface area contributed by atoms with Gasteiger partial charge >= 0.3 is 12.1 Å². The molecule has 0 saturated heterocycles. The molecule has 0 unspecified atom stereocenters. The molecule has 0 aromatic heterocycles. The standard InChI is InChI=1S/C16H26N4O2/c1-3-8-17-15(21)19-11-13-6-5-7-14(10-13)12-20-16(22)18-9-4-2/h5-7,10H,3-4,8-9,11-12H2,1-2H3,(H2,17,19,21)(H2,18,20,22). The van der Waals surface area contributed by atoms with Gasteiger partial charge in [-0.05, 0) is 24.0 Å². The van der Waals surface area contributed by atoms with Gasteiger partial charge in [0.1, 0.15) is 0 Å². The number of carbonyl (C=O) groups excluding carboxylic acids is 2. The molecule has 0 radical (unpaired) electrons. The molecule has 0 bridgehead atoms. The number of nitrogens with one attached hydrogen (secondary N) is 4. The monoisotopic (exact) mass is 306 g/mol. The second-order valence-electron chi connectivity index (χ2n) is 5.04. The molecular formula is C16H26N4O2. The third kappa shape index (κ3) is 7.52. The van der Waals surface area contributed by atoms with Gasteiger partial charge in [0.2, 0.25) is 0 Å². The number of benzene rings is 1. The van der Waals surface area contributed by atoms with Crippen LogP contribution in [0.5, 0.6) is 0 Å². The van der Waals surface area contributed by atoms with Gasteiger partial charge in [0.05, 0.1) is 0 Å². The fraction of sp³-hybridized carbons (Fsp3) is 0.500. The van der Waals surface area contributed by atoms with E-state index in [0.717, 1.165) is 24.0 Å². The van der Waals surface area contributed by atoms with Crippen LogP contribution in [0.4, 0.5) is 9.59 Å². The van der Waals surface area contributed by atoms with Crippen LogP contribution >= 0.6 is 0 Å².